The van der Waals surface area contributed by atoms with Gasteiger partial charge in [-0.3, -0.25) is 4.90 Å². The summed E-state index contributed by atoms with van der Waals surface area (Å²) in [6, 6.07) is 5.68. The molecule has 0 radical (unpaired) electrons. The summed E-state index contributed by atoms with van der Waals surface area (Å²) in [7, 11) is 0. The minimum Gasteiger partial charge on any atom is -0.378 e. The summed E-state index contributed by atoms with van der Waals surface area (Å²) in [4.78, 5) is 13.2. The van der Waals surface area contributed by atoms with Gasteiger partial charge in [0.05, 0.1) is 13.2 Å². The zero-order chi connectivity index (χ0) is 18.6. The predicted octanol–water partition coefficient (Wildman–Crippen LogP) is 2.28. The van der Waals surface area contributed by atoms with Crippen LogP contribution in [0.5, 0.6) is 0 Å². The van der Waals surface area contributed by atoms with E-state index in [2.05, 4.69) is 25.1 Å². The zero-order valence-corrected chi connectivity index (χ0v) is 15.1. The summed E-state index contributed by atoms with van der Waals surface area (Å²) < 4.78 is 32.6. The Kier molecular flexibility index (Phi) is 5.45. The number of halogens is 2. The van der Waals surface area contributed by atoms with Crippen molar-refractivity contribution in [3.8, 4) is 0 Å². The van der Waals surface area contributed by atoms with E-state index in [1.54, 1.807) is 6.20 Å². The average Bonchev–Trinajstić information content (AvgIpc) is 3.12. The first-order valence-electron chi connectivity index (χ1n) is 9.26. The van der Waals surface area contributed by atoms with Gasteiger partial charge >= 0.3 is 0 Å². The SMILES string of the molecule is Fc1ccc(F)c(CN2CCC(Nc3nccc(N4CCOCC4)n3)C2)c1. The van der Waals surface area contributed by atoms with E-state index >= 15 is 0 Å². The lowest BCUT2D eigenvalue weighted by atomic mass is 10.2. The van der Waals surface area contributed by atoms with E-state index in [9.17, 15) is 8.78 Å². The third kappa shape index (κ3) is 4.51. The van der Waals surface area contributed by atoms with E-state index in [1.165, 1.54) is 12.1 Å². The van der Waals surface area contributed by atoms with Gasteiger partial charge in [0.2, 0.25) is 5.95 Å². The molecule has 1 unspecified atom stereocenters. The Morgan fingerprint density at radius 1 is 1.15 bits per heavy atom. The number of ether oxygens (including phenoxy) is 1. The molecule has 1 aromatic carbocycles. The van der Waals surface area contributed by atoms with Gasteiger partial charge < -0.3 is 15.0 Å². The molecule has 2 fully saturated rings. The molecule has 27 heavy (non-hydrogen) atoms. The molecular weight excluding hydrogens is 352 g/mol. The van der Waals surface area contributed by atoms with Crippen LogP contribution in [-0.4, -0.2) is 60.3 Å². The Balaban J connectivity index is 1.35. The minimum absolute atomic E-state index is 0.182. The number of nitrogens with one attached hydrogen (secondary N) is 1. The highest BCUT2D eigenvalue weighted by Crippen LogP contribution is 2.20. The van der Waals surface area contributed by atoms with Crippen molar-refractivity contribution in [1.29, 1.82) is 0 Å². The van der Waals surface area contributed by atoms with E-state index in [4.69, 9.17) is 4.74 Å². The zero-order valence-electron chi connectivity index (χ0n) is 15.1. The van der Waals surface area contributed by atoms with Crippen molar-refractivity contribution in [3.63, 3.8) is 0 Å². The maximum absolute atomic E-state index is 13.8. The van der Waals surface area contributed by atoms with E-state index < -0.39 is 5.82 Å². The number of morpholine rings is 1. The number of hydrogen-bond donors (Lipinski definition) is 1. The highest BCUT2D eigenvalue weighted by molar-refractivity contribution is 5.43. The number of hydrogen-bond acceptors (Lipinski definition) is 6. The van der Waals surface area contributed by atoms with Crippen molar-refractivity contribution in [2.24, 2.45) is 0 Å². The van der Waals surface area contributed by atoms with Gasteiger partial charge in [0.25, 0.3) is 0 Å². The van der Waals surface area contributed by atoms with Gasteiger partial charge in [-0.1, -0.05) is 0 Å². The second-order valence-corrected chi connectivity index (χ2v) is 6.94. The molecule has 4 rings (SSSR count). The van der Waals surface area contributed by atoms with Crippen LogP contribution in [0, 0.1) is 11.6 Å². The molecule has 0 bridgehead atoms. The first kappa shape index (κ1) is 18.1. The molecule has 2 aromatic rings. The second kappa shape index (κ2) is 8.14. The normalized spacial score (nSPS) is 20.8. The second-order valence-electron chi connectivity index (χ2n) is 6.94. The average molecular weight is 375 g/mol. The molecule has 2 saturated heterocycles. The summed E-state index contributed by atoms with van der Waals surface area (Å²) in [6.07, 6.45) is 2.66. The largest absolute Gasteiger partial charge is 0.378 e. The highest BCUT2D eigenvalue weighted by atomic mass is 19.1. The number of aromatic nitrogens is 2. The molecule has 2 aliphatic heterocycles. The van der Waals surface area contributed by atoms with Crippen LogP contribution in [0.3, 0.4) is 0 Å². The Morgan fingerprint density at radius 2 is 2.00 bits per heavy atom. The first-order chi connectivity index (χ1) is 13.2. The van der Waals surface area contributed by atoms with Crippen LogP contribution < -0.4 is 10.2 Å². The maximum atomic E-state index is 13.8. The van der Waals surface area contributed by atoms with Crippen molar-refractivity contribution in [3.05, 3.63) is 47.7 Å². The summed E-state index contributed by atoms with van der Waals surface area (Å²) >= 11 is 0. The van der Waals surface area contributed by atoms with Gasteiger partial charge in [-0.05, 0) is 30.7 Å². The van der Waals surface area contributed by atoms with Gasteiger partial charge in [-0.2, -0.15) is 4.98 Å². The quantitative estimate of drug-likeness (QED) is 0.865. The van der Waals surface area contributed by atoms with Crippen molar-refractivity contribution in [1.82, 2.24) is 14.9 Å². The first-order valence-corrected chi connectivity index (χ1v) is 9.26. The molecule has 0 saturated carbocycles. The standard InChI is InChI=1S/C19H23F2N5O/c20-15-1-2-17(21)14(11-15)12-25-6-4-16(13-25)23-19-22-5-3-18(24-19)26-7-9-27-10-8-26/h1-3,5,11,16H,4,6-10,12-13H2,(H,22,23,24). The fourth-order valence-electron chi connectivity index (χ4n) is 3.57. The Morgan fingerprint density at radius 3 is 2.85 bits per heavy atom. The van der Waals surface area contributed by atoms with E-state index in [-0.39, 0.29) is 11.9 Å². The molecule has 0 amide bonds. The van der Waals surface area contributed by atoms with E-state index in [0.717, 1.165) is 44.5 Å². The van der Waals surface area contributed by atoms with Gasteiger partial charge in [-0.15, -0.1) is 0 Å². The van der Waals surface area contributed by atoms with Crippen LogP contribution >= 0.6 is 0 Å². The van der Waals surface area contributed by atoms with E-state index in [1.807, 2.05) is 6.07 Å². The predicted molar refractivity (Wildman–Crippen MR) is 98.7 cm³/mol. The molecular formula is C19H23F2N5O. The van der Waals surface area contributed by atoms with E-state index in [0.29, 0.717) is 31.3 Å². The lowest BCUT2D eigenvalue weighted by Gasteiger charge is -2.28. The van der Waals surface area contributed by atoms with Crippen LogP contribution in [0.4, 0.5) is 20.5 Å². The maximum Gasteiger partial charge on any atom is 0.224 e. The summed E-state index contributed by atoms with van der Waals surface area (Å²) in [5, 5.41) is 3.37. The summed E-state index contributed by atoms with van der Waals surface area (Å²) in [5.41, 5.74) is 0.390. The lowest BCUT2D eigenvalue weighted by Crippen LogP contribution is -2.37. The smallest absolute Gasteiger partial charge is 0.224 e. The fraction of sp³-hybridized carbons (Fsp3) is 0.474. The van der Waals surface area contributed by atoms with Gasteiger partial charge in [0.1, 0.15) is 17.5 Å². The summed E-state index contributed by atoms with van der Waals surface area (Å²) in [5.74, 6) is 0.721. The Bertz CT molecular complexity index is 784. The lowest BCUT2D eigenvalue weighted by molar-refractivity contribution is 0.122. The molecule has 0 spiro atoms. The van der Waals surface area contributed by atoms with Gasteiger partial charge in [-0.25, -0.2) is 13.8 Å². The highest BCUT2D eigenvalue weighted by Gasteiger charge is 2.24. The molecule has 2 aliphatic rings. The van der Waals surface area contributed by atoms with Crippen molar-refractivity contribution >= 4 is 11.8 Å². The van der Waals surface area contributed by atoms with Crippen LogP contribution in [0.1, 0.15) is 12.0 Å². The molecule has 1 atom stereocenters. The minimum atomic E-state index is -0.409. The molecule has 8 heteroatoms. The monoisotopic (exact) mass is 375 g/mol. The summed E-state index contributed by atoms with van der Waals surface area (Å²) in [6.45, 7) is 5.02. The third-order valence-corrected chi connectivity index (χ3v) is 4.98. The third-order valence-electron chi connectivity index (χ3n) is 4.98. The van der Waals surface area contributed by atoms with Crippen molar-refractivity contribution in [2.75, 3.05) is 49.6 Å². The van der Waals surface area contributed by atoms with Crippen molar-refractivity contribution < 1.29 is 13.5 Å². The van der Waals surface area contributed by atoms with Gasteiger partial charge in [0, 0.05) is 50.5 Å². The number of rotatable bonds is 5. The van der Waals surface area contributed by atoms with Crippen LogP contribution in [0.25, 0.3) is 0 Å². The molecule has 1 aromatic heterocycles. The molecule has 144 valence electrons. The molecule has 6 nitrogen and oxygen atoms in total. The Hall–Kier alpha value is -2.32. The molecule has 1 N–H and O–H groups in total. The number of benzene rings is 1. The number of anilines is 2. The topological polar surface area (TPSA) is 53.5 Å². The number of nitrogens with zero attached hydrogens (tertiary/aromatic N) is 4. The Labute approximate surface area is 157 Å². The number of likely N-dealkylation sites (tertiary alicyclic amines) is 1. The van der Waals surface area contributed by atoms with Crippen molar-refractivity contribution in [2.45, 2.75) is 19.0 Å². The van der Waals surface area contributed by atoms with Crippen LogP contribution in [0.2, 0.25) is 0 Å². The fourth-order valence-corrected chi connectivity index (χ4v) is 3.57. The van der Waals surface area contributed by atoms with Crippen LogP contribution in [-0.2, 0) is 11.3 Å². The molecule has 0 aliphatic carbocycles. The van der Waals surface area contributed by atoms with Crippen LogP contribution in [0.15, 0.2) is 30.5 Å². The molecule has 3 heterocycles. The van der Waals surface area contributed by atoms with Gasteiger partial charge in [0.15, 0.2) is 0 Å².